The summed E-state index contributed by atoms with van der Waals surface area (Å²) < 4.78 is 0. The van der Waals surface area contributed by atoms with Crippen molar-refractivity contribution in [3.05, 3.63) is 10.3 Å². The van der Waals surface area contributed by atoms with Crippen molar-refractivity contribution in [2.24, 2.45) is 0 Å². The fourth-order valence-electron chi connectivity index (χ4n) is 0.843. The van der Waals surface area contributed by atoms with Crippen LogP contribution in [-0.2, 0) is 0 Å². The van der Waals surface area contributed by atoms with Gasteiger partial charge in [0, 0.05) is 5.08 Å². The second kappa shape index (κ2) is 7.54. The summed E-state index contributed by atoms with van der Waals surface area (Å²) in [6, 6.07) is 0. The highest BCUT2D eigenvalue weighted by Crippen LogP contribution is 2.34. The topological polar surface area (TPSA) is 0 Å². The van der Waals surface area contributed by atoms with Gasteiger partial charge >= 0.3 is 0 Å². The van der Waals surface area contributed by atoms with Gasteiger partial charge in [0.25, 0.3) is 0 Å². The van der Waals surface area contributed by atoms with Crippen LogP contribution in [0.1, 0.15) is 12.8 Å². The molecule has 0 amide bonds. The normalized spacial score (nSPS) is 16.6. The molecule has 0 aliphatic carbocycles. The van der Waals surface area contributed by atoms with Crippen LogP contribution in [0.5, 0.6) is 0 Å². The van der Waals surface area contributed by atoms with Gasteiger partial charge < -0.3 is 0 Å². The third kappa shape index (κ3) is 5.00. The predicted molar refractivity (Wildman–Crippen MR) is 68.5 cm³/mol. The van der Waals surface area contributed by atoms with E-state index in [1.165, 1.54) is 29.4 Å². The van der Waals surface area contributed by atoms with E-state index >= 15 is 0 Å². The van der Waals surface area contributed by atoms with E-state index in [1.54, 1.807) is 4.91 Å². The molecule has 0 nitrogen and oxygen atoms in total. The lowest BCUT2D eigenvalue weighted by Crippen LogP contribution is -1.85. The molecule has 0 saturated heterocycles. The zero-order chi connectivity index (χ0) is 8.65. The van der Waals surface area contributed by atoms with Gasteiger partial charge in [-0.1, -0.05) is 0 Å². The Kier molecular flexibility index (Phi) is 7.04. The first-order chi connectivity index (χ1) is 5.93. The zero-order valence-corrected chi connectivity index (χ0v) is 10.3. The first-order valence-corrected chi connectivity index (χ1v) is 7.87. The average Bonchev–Trinajstić information content (AvgIpc) is 2.57. The Labute approximate surface area is 93.1 Å². The van der Waals surface area contributed by atoms with Crippen LogP contribution in [0.25, 0.3) is 0 Å². The molecule has 0 spiro atoms. The lowest BCUT2D eigenvalue weighted by molar-refractivity contribution is 1.12. The number of hydrogen-bond acceptors (Lipinski definition) is 4. The standard InChI is InChI=1S/C8H14S4/c9-3-1-4-10-5-2-8-6-11-7-12-8/h6,9H,1-5,7H2. The second-order valence-electron chi connectivity index (χ2n) is 2.45. The van der Waals surface area contributed by atoms with Crippen LogP contribution < -0.4 is 0 Å². The monoisotopic (exact) mass is 238 g/mol. The van der Waals surface area contributed by atoms with Crippen LogP contribution in [0.4, 0.5) is 0 Å². The van der Waals surface area contributed by atoms with Crippen molar-refractivity contribution in [3.8, 4) is 0 Å². The minimum absolute atomic E-state index is 1.03. The summed E-state index contributed by atoms with van der Waals surface area (Å²) in [5, 5.41) is 3.54. The average molecular weight is 238 g/mol. The van der Waals surface area contributed by atoms with Crippen molar-refractivity contribution in [1.29, 1.82) is 0 Å². The molecule has 0 aromatic carbocycles. The molecule has 70 valence electrons. The van der Waals surface area contributed by atoms with Crippen molar-refractivity contribution >= 4 is 47.9 Å². The Balaban J connectivity index is 1.88. The number of allylic oxidation sites excluding steroid dienone is 1. The van der Waals surface area contributed by atoms with Gasteiger partial charge in [-0.15, -0.1) is 23.5 Å². The molecule has 0 aromatic rings. The van der Waals surface area contributed by atoms with Crippen LogP contribution in [0.2, 0.25) is 0 Å². The number of rotatable bonds is 6. The van der Waals surface area contributed by atoms with Gasteiger partial charge in [-0.05, 0) is 40.4 Å². The Hall–Kier alpha value is 1.14. The smallest absolute Gasteiger partial charge is 0.0478 e. The van der Waals surface area contributed by atoms with E-state index < -0.39 is 0 Å². The number of thiol groups is 1. The van der Waals surface area contributed by atoms with Gasteiger partial charge in [0.05, 0.1) is 0 Å². The molecule has 0 fully saturated rings. The molecular formula is C8H14S4. The Bertz CT molecular complexity index is 144. The lowest BCUT2D eigenvalue weighted by atomic mass is 10.5. The van der Waals surface area contributed by atoms with Crippen LogP contribution in [0.15, 0.2) is 10.3 Å². The van der Waals surface area contributed by atoms with E-state index in [0.29, 0.717) is 0 Å². The molecule has 1 heterocycles. The fourth-order valence-corrected chi connectivity index (χ4v) is 4.44. The van der Waals surface area contributed by atoms with E-state index in [1.807, 2.05) is 23.5 Å². The first kappa shape index (κ1) is 11.2. The third-order valence-electron chi connectivity index (χ3n) is 1.47. The van der Waals surface area contributed by atoms with Crippen molar-refractivity contribution in [2.75, 3.05) is 22.3 Å². The van der Waals surface area contributed by atoms with E-state index in [0.717, 1.165) is 5.75 Å². The van der Waals surface area contributed by atoms with Gasteiger partial charge in [-0.3, -0.25) is 0 Å². The highest BCUT2D eigenvalue weighted by Gasteiger charge is 2.04. The van der Waals surface area contributed by atoms with E-state index in [-0.39, 0.29) is 0 Å². The molecular weight excluding hydrogens is 224 g/mol. The van der Waals surface area contributed by atoms with Crippen molar-refractivity contribution in [3.63, 3.8) is 0 Å². The summed E-state index contributed by atoms with van der Waals surface area (Å²) >= 11 is 10.2. The predicted octanol–water partition coefficient (Wildman–Crippen LogP) is 3.71. The molecule has 0 bridgehead atoms. The van der Waals surface area contributed by atoms with Crippen LogP contribution in [-0.4, -0.2) is 22.3 Å². The maximum Gasteiger partial charge on any atom is 0.0478 e. The highest BCUT2D eigenvalue weighted by atomic mass is 32.2. The fraction of sp³-hybridized carbons (Fsp3) is 0.750. The van der Waals surface area contributed by atoms with Crippen LogP contribution in [0, 0.1) is 0 Å². The second-order valence-corrected chi connectivity index (χ2v) is 6.45. The summed E-state index contributed by atoms with van der Waals surface area (Å²) in [7, 11) is 0. The maximum atomic E-state index is 4.18. The SMILES string of the molecule is SCCCSCCC1=CSCS1. The summed E-state index contributed by atoms with van der Waals surface area (Å²) in [5.41, 5.74) is 0. The quantitative estimate of drug-likeness (QED) is 0.554. The molecule has 1 rings (SSSR count). The van der Waals surface area contributed by atoms with Crippen LogP contribution >= 0.6 is 47.9 Å². The van der Waals surface area contributed by atoms with E-state index in [2.05, 4.69) is 29.8 Å². The van der Waals surface area contributed by atoms with Crippen molar-refractivity contribution in [1.82, 2.24) is 0 Å². The molecule has 0 unspecified atom stereocenters. The minimum atomic E-state index is 1.03. The van der Waals surface area contributed by atoms with Crippen molar-refractivity contribution < 1.29 is 0 Å². The number of thioether (sulfide) groups is 3. The summed E-state index contributed by atoms with van der Waals surface area (Å²) in [4.78, 5) is 1.58. The number of hydrogen-bond donors (Lipinski definition) is 1. The Morgan fingerprint density at radius 3 is 3.08 bits per heavy atom. The van der Waals surface area contributed by atoms with Gasteiger partial charge in [-0.25, -0.2) is 0 Å². The molecule has 1 aliphatic rings. The first-order valence-electron chi connectivity index (χ1n) is 4.05. The molecule has 0 aromatic heterocycles. The van der Waals surface area contributed by atoms with Crippen molar-refractivity contribution in [2.45, 2.75) is 12.8 Å². The van der Waals surface area contributed by atoms with Gasteiger partial charge in [0.2, 0.25) is 0 Å². The Morgan fingerprint density at radius 1 is 1.50 bits per heavy atom. The summed E-state index contributed by atoms with van der Waals surface area (Å²) in [6.45, 7) is 0. The van der Waals surface area contributed by atoms with Gasteiger partial charge in [0.15, 0.2) is 0 Å². The molecule has 4 heteroatoms. The Morgan fingerprint density at radius 2 is 2.42 bits per heavy atom. The zero-order valence-electron chi connectivity index (χ0n) is 6.99. The lowest BCUT2D eigenvalue weighted by Gasteiger charge is -2.00. The molecule has 12 heavy (non-hydrogen) atoms. The van der Waals surface area contributed by atoms with Gasteiger partial charge in [-0.2, -0.15) is 24.4 Å². The third-order valence-corrected chi connectivity index (χ3v) is 5.16. The van der Waals surface area contributed by atoms with E-state index in [4.69, 9.17) is 0 Å². The highest BCUT2D eigenvalue weighted by molar-refractivity contribution is 8.22. The minimum Gasteiger partial charge on any atom is -0.179 e. The van der Waals surface area contributed by atoms with Gasteiger partial charge in [0.1, 0.15) is 0 Å². The van der Waals surface area contributed by atoms with Crippen LogP contribution in [0.3, 0.4) is 0 Å². The molecule has 0 atom stereocenters. The molecule has 0 N–H and O–H groups in total. The largest absolute Gasteiger partial charge is 0.179 e. The molecule has 1 aliphatic heterocycles. The summed E-state index contributed by atoms with van der Waals surface area (Å²) in [5.74, 6) is 3.59. The molecule has 0 saturated carbocycles. The van der Waals surface area contributed by atoms with E-state index in [9.17, 15) is 0 Å². The maximum absolute atomic E-state index is 4.18. The molecule has 0 radical (unpaired) electrons. The summed E-state index contributed by atoms with van der Waals surface area (Å²) in [6.07, 6.45) is 2.52.